The van der Waals surface area contributed by atoms with Gasteiger partial charge in [-0.15, -0.1) is 11.3 Å². The smallest absolute Gasteiger partial charge is 0.330 e. The van der Waals surface area contributed by atoms with Crippen molar-refractivity contribution >= 4 is 27.6 Å². The van der Waals surface area contributed by atoms with Crippen LogP contribution >= 0.6 is 11.3 Å². The van der Waals surface area contributed by atoms with Gasteiger partial charge in [0.05, 0.1) is 38.9 Å². The van der Waals surface area contributed by atoms with Crippen molar-refractivity contribution in [3.63, 3.8) is 0 Å². The molecule has 1 amide bonds. The molecule has 0 N–H and O–H groups in total. The normalized spacial score (nSPS) is 16.6. The minimum atomic E-state index is -4.53. The molecular formula is C20H18F3N7OS. The highest BCUT2D eigenvalue weighted by molar-refractivity contribution is 7.16. The zero-order valence-corrected chi connectivity index (χ0v) is 18.2. The molecule has 12 heteroatoms. The summed E-state index contributed by atoms with van der Waals surface area (Å²) in [6.07, 6.45) is -2.54. The molecule has 0 radical (unpaired) electrons. The number of alkyl halides is 3. The first-order chi connectivity index (χ1) is 15.1. The molecule has 0 aliphatic carbocycles. The van der Waals surface area contributed by atoms with E-state index in [9.17, 15) is 18.0 Å². The van der Waals surface area contributed by atoms with Crippen molar-refractivity contribution in [1.82, 2.24) is 34.4 Å². The molecule has 0 unspecified atom stereocenters. The minimum Gasteiger partial charge on any atom is -0.330 e. The van der Waals surface area contributed by atoms with Crippen molar-refractivity contribution in [2.45, 2.75) is 25.6 Å². The third-order valence-corrected chi connectivity index (χ3v) is 6.52. The molecule has 0 spiro atoms. The third-order valence-electron chi connectivity index (χ3n) is 5.75. The molecule has 1 aliphatic heterocycles. The lowest BCUT2D eigenvalue weighted by atomic mass is 9.96. The number of hydrogen-bond donors (Lipinski definition) is 0. The summed E-state index contributed by atoms with van der Waals surface area (Å²) in [6.45, 7) is 2.28. The van der Waals surface area contributed by atoms with Gasteiger partial charge in [-0.2, -0.15) is 23.4 Å². The van der Waals surface area contributed by atoms with Crippen LogP contribution in [-0.2, 0) is 26.7 Å². The number of fused-ring (bicyclic) bond motifs is 2. The zero-order chi connectivity index (χ0) is 22.8. The number of aryl methyl sites for hydroxylation is 2. The van der Waals surface area contributed by atoms with E-state index in [0.717, 1.165) is 16.3 Å². The Kier molecular flexibility index (Phi) is 4.59. The van der Waals surface area contributed by atoms with Gasteiger partial charge in [-0.05, 0) is 25.5 Å². The summed E-state index contributed by atoms with van der Waals surface area (Å²) >= 11 is 1.41. The molecular weight excluding hydrogens is 443 g/mol. The van der Waals surface area contributed by atoms with Crippen LogP contribution < -0.4 is 0 Å². The highest BCUT2D eigenvalue weighted by atomic mass is 32.1. The largest absolute Gasteiger partial charge is 0.435 e. The van der Waals surface area contributed by atoms with Gasteiger partial charge in [0.1, 0.15) is 0 Å². The van der Waals surface area contributed by atoms with Crippen LogP contribution in [0.5, 0.6) is 0 Å². The lowest BCUT2D eigenvalue weighted by Gasteiger charge is -2.33. The Morgan fingerprint density at radius 1 is 1.16 bits per heavy atom. The van der Waals surface area contributed by atoms with E-state index < -0.39 is 11.9 Å². The van der Waals surface area contributed by atoms with Gasteiger partial charge in [0.2, 0.25) is 0 Å². The standard InChI is InChI=1S/C20H18F3N7OS/c1-10-16-12(17(29(3)27-16)13-7-15(20(21,22)23)26-28(13)2)4-5-30(10)19(31)11-6-14-18(24-8-11)25-9-32-14/h6-10H,4-5H2,1-3H3/t10-/m0/s1. The van der Waals surface area contributed by atoms with E-state index in [4.69, 9.17) is 0 Å². The van der Waals surface area contributed by atoms with Crippen molar-refractivity contribution in [2.75, 3.05) is 6.54 Å². The van der Waals surface area contributed by atoms with Crippen LogP contribution in [0.2, 0.25) is 0 Å². The maximum Gasteiger partial charge on any atom is 0.435 e. The fourth-order valence-electron chi connectivity index (χ4n) is 4.21. The van der Waals surface area contributed by atoms with Gasteiger partial charge >= 0.3 is 6.18 Å². The van der Waals surface area contributed by atoms with Gasteiger partial charge in [-0.3, -0.25) is 14.2 Å². The Balaban J connectivity index is 1.50. The average Bonchev–Trinajstić information content (AvgIpc) is 3.43. The SMILES string of the molecule is C[C@H]1c2nn(C)c(-c3cc(C(F)(F)F)nn3C)c2CCN1C(=O)c1cnc2ncsc2c1. The molecule has 0 aromatic carbocycles. The molecule has 5 rings (SSSR count). The lowest BCUT2D eigenvalue weighted by molar-refractivity contribution is -0.141. The van der Waals surface area contributed by atoms with Crippen molar-refractivity contribution in [3.05, 3.63) is 46.4 Å². The highest BCUT2D eigenvalue weighted by Gasteiger charge is 2.37. The fraction of sp³-hybridized carbons (Fsp3) is 0.350. The molecule has 1 atom stereocenters. The second-order valence-electron chi connectivity index (χ2n) is 7.69. The number of thiazole rings is 1. The van der Waals surface area contributed by atoms with Gasteiger partial charge in [0.25, 0.3) is 5.91 Å². The third kappa shape index (κ3) is 3.17. The van der Waals surface area contributed by atoms with Crippen molar-refractivity contribution in [1.29, 1.82) is 0 Å². The van der Waals surface area contributed by atoms with E-state index in [1.807, 2.05) is 6.92 Å². The zero-order valence-electron chi connectivity index (χ0n) is 17.4. The Morgan fingerprint density at radius 2 is 1.94 bits per heavy atom. The minimum absolute atomic E-state index is 0.168. The first kappa shape index (κ1) is 20.6. The van der Waals surface area contributed by atoms with Crippen LogP contribution in [-0.4, -0.2) is 46.9 Å². The average molecular weight is 461 g/mol. The molecule has 166 valence electrons. The predicted octanol–water partition coefficient (Wildman–Crippen LogP) is 3.60. The Bertz CT molecular complexity index is 1350. The van der Waals surface area contributed by atoms with Gasteiger partial charge in [-0.1, -0.05) is 0 Å². The second kappa shape index (κ2) is 7.12. The molecule has 0 fully saturated rings. The summed E-state index contributed by atoms with van der Waals surface area (Å²) in [6, 6.07) is 2.47. The monoisotopic (exact) mass is 461 g/mol. The second-order valence-corrected chi connectivity index (χ2v) is 8.58. The van der Waals surface area contributed by atoms with Crippen LogP contribution in [0.4, 0.5) is 13.2 Å². The molecule has 4 aromatic heterocycles. The van der Waals surface area contributed by atoms with Gasteiger partial charge in [0.15, 0.2) is 11.3 Å². The highest BCUT2D eigenvalue weighted by Crippen LogP contribution is 2.38. The number of aromatic nitrogens is 6. The number of carbonyl (C=O) groups excluding carboxylic acids is 1. The summed E-state index contributed by atoms with van der Waals surface area (Å²) < 4.78 is 43.1. The molecule has 4 aromatic rings. The number of amides is 1. The molecule has 5 heterocycles. The van der Waals surface area contributed by atoms with Crippen LogP contribution in [0, 0.1) is 0 Å². The van der Waals surface area contributed by atoms with Crippen molar-refractivity contribution in [3.8, 4) is 11.4 Å². The fourth-order valence-corrected chi connectivity index (χ4v) is 4.88. The van der Waals surface area contributed by atoms with E-state index in [1.165, 1.54) is 29.3 Å². The number of pyridine rings is 1. The van der Waals surface area contributed by atoms with E-state index in [1.54, 1.807) is 28.2 Å². The summed E-state index contributed by atoms with van der Waals surface area (Å²) in [5.41, 5.74) is 4.22. The first-order valence-corrected chi connectivity index (χ1v) is 10.7. The van der Waals surface area contributed by atoms with Crippen LogP contribution in [0.1, 0.15) is 40.3 Å². The van der Waals surface area contributed by atoms with Crippen molar-refractivity contribution in [2.24, 2.45) is 14.1 Å². The Morgan fingerprint density at radius 3 is 2.66 bits per heavy atom. The van der Waals surface area contributed by atoms with Gasteiger partial charge < -0.3 is 4.90 Å². The first-order valence-electron chi connectivity index (χ1n) is 9.82. The molecule has 32 heavy (non-hydrogen) atoms. The maximum absolute atomic E-state index is 13.2. The van der Waals surface area contributed by atoms with E-state index >= 15 is 0 Å². The Labute approximate surface area is 184 Å². The van der Waals surface area contributed by atoms with Gasteiger partial charge in [-0.25, -0.2) is 9.97 Å². The Hall–Kier alpha value is -3.28. The molecule has 8 nitrogen and oxygen atoms in total. The number of halogens is 3. The molecule has 0 saturated heterocycles. The van der Waals surface area contributed by atoms with Crippen LogP contribution in [0.25, 0.3) is 21.7 Å². The lowest BCUT2D eigenvalue weighted by Crippen LogP contribution is -2.39. The molecule has 0 saturated carbocycles. The number of rotatable bonds is 2. The van der Waals surface area contributed by atoms with Gasteiger partial charge in [0, 0.05) is 32.4 Å². The summed E-state index contributed by atoms with van der Waals surface area (Å²) in [7, 11) is 3.17. The van der Waals surface area contributed by atoms with Crippen molar-refractivity contribution < 1.29 is 18.0 Å². The van der Waals surface area contributed by atoms with Crippen LogP contribution in [0.15, 0.2) is 23.8 Å². The van der Waals surface area contributed by atoms with Crippen LogP contribution in [0.3, 0.4) is 0 Å². The maximum atomic E-state index is 13.2. The number of hydrogen-bond acceptors (Lipinski definition) is 6. The summed E-state index contributed by atoms with van der Waals surface area (Å²) in [5, 5.41) is 8.19. The molecule has 0 bridgehead atoms. The molecule has 1 aliphatic rings. The van der Waals surface area contributed by atoms with E-state index in [0.29, 0.717) is 41.3 Å². The quantitative estimate of drug-likeness (QED) is 0.456. The number of carbonyl (C=O) groups is 1. The van der Waals surface area contributed by atoms with E-state index in [2.05, 4.69) is 20.2 Å². The topological polar surface area (TPSA) is 81.7 Å². The number of nitrogens with zero attached hydrogens (tertiary/aromatic N) is 7. The van der Waals surface area contributed by atoms with E-state index in [-0.39, 0.29) is 11.9 Å². The summed E-state index contributed by atoms with van der Waals surface area (Å²) in [4.78, 5) is 23.3. The summed E-state index contributed by atoms with van der Waals surface area (Å²) in [5.74, 6) is -0.168. The predicted molar refractivity (Wildman–Crippen MR) is 111 cm³/mol.